The lowest BCUT2D eigenvalue weighted by molar-refractivity contribution is 0.0960. The molecule has 0 saturated heterocycles. The van der Waals surface area contributed by atoms with Gasteiger partial charge in [-0.05, 0) is 12.1 Å². The van der Waals surface area contributed by atoms with Gasteiger partial charge in [0, 0.05) is 18.2 Å². The molecule has 0 fully saturated rings. The lowest BCUT2D eigenvalue weighted by Crippen LogP contribution is -2.20. The Labute approximate surface area is 143 Å². The molecule has 0 radical (unpaired) electrons. The molecule has 0 unspecified atom stereocenters. The molecule has 1 aromatic heterocycles. The van der Waals surface area contributed by atoms with Crippen molar-refractivity contribution in [2.75, 3.05) is 7.05 Å². The second kappa shape index (κ2) is 7.09. The second-order valence-corrected chi connectivity index (χ2v) is 5.35. The molecular weight excluding hydrogens is 323 g/mol. The van der Waals surface area contributed by atoms with Gasteiger partial charge in [0.1, 0.15) is 17.1 Å². The summed E-state index contributed by atoms with van der Waals surface area (Å²) in [7, 11) is 1.45. The summed E-state index contributed by atoms with van der Waals surface area (Å²) in [6, 6.07) is 14.6. The number of rotatable bonds is 5. The minimum absolute atomic E-state index is 0.0666. The van der Waals surface area contributed by atoms with Crippen molar-refractivity contribution < 1.29 is 18.5 Å². The lowest BCUT2D eigenvalue weighted by atomic mass is 10.0. The fourth-order valence-corrected chi connectivity index (χ4v) is 2.51. The van der Waals surface area contributed by atoms with Crippen molar-refractivity contribution in [3.05, 3.63) is 77.3 Å². The molecule has 6 heteroatoms. The van der Waals surface area contributed by atoms with Gasteiger partial charge in [-0.15, -0.1) is 0 Å². The van der Waals surface area contributed by atoms with Gasteiger partial charge in [0.15, 0.2) is 11.5 Å². The molecule has 0 aliphatic rings. The minimum atomic E-state index is -0.526. The summed E-state index contributed by atoms with van der Waals surface area (Å²) >= 11 is 0. The first-order valence-electron chi connectivity index (χ1n) is 7.65. The van der Waals surface area contributed by atoms with Crippen LogP contribution in [-0.2, 0) is 6.42 Å². The summed E-state index contributed by atoms with van der Waals surface area (Å²) < 4.78 is 19.3. The van der Waals surface area contributed by atoms with E-state index in [9.17, 15) is 14.0 Å². The smallest absolute Gasteiger partial charge is 0.256 e. The molecule has 0 bridgehead atoms. The maximum Gasteiger partial charge on any atom is 0.256 e. The maximum atomic E-state index is 14.1. The van der Waals surface area contributed by atoms with Crippen LogP contribution in [0.1, 0.15) is 26.5 Å². The van der Waals surface area contributed by atoms with Gasteiger partial charge in [0.05, 0.1) is 6.42 Å². The van der Waals surface area contributed by atoms with Crippen LogP contribution in [-0.4, -0.2) is 23.9 Å². The minimum Gasteiger partial charge on any atom is -0.359 e. The summed E-state index contributed by atoms with van der Waals surface area (Å²) in [5.41, 5.74) is 0.780. The lowest BCUT2D eigenvalue weighted by Gasteiger charge is -2.04. The Kier molecular flexibility index (Phi) is 4.70. The Morgan fingerprint density at radius 2 is 1.76 bits per heavy atom. The average molecular weight is 338 g/mol. The normalized spacial score (nSPS) is 10.5. The Hall–Kier alpha value is -3.28. The third-order valence-electron chi connectivity index (χ3n) is 3.76. The standard InChI is InChI=1S/C19H15FN2O3/c1-21-19(24)17-16(11-15(23)12-7-3-2-4-8-12)25-22-18(17)13-9-5-6-10-14(13)20/h2-10H,11H2,1H3,(H,21,24). The van der Waals surface area contributed by atoms with E-state index in [1.54, 1.807) is 42.5 Å². The van der Waals surface area contributed by atoms with E-state index < -0.39 is 11.7 Å². The van der Waals surface area contributed by atoms with Gasteiger partial charge in [-0.1, -0.05) is 47.6 Å². The van der Waals surface area contributed by atoms with Gasteiger partial charge < -0.3 is 9.84 Å². The van der Waals surface area contributed by atoms with Gasteiger partial charge >= 0.3 is 0 Å². The van der Waals surface area contributed by atoms with Crippen molar-refractivity contribution >= 4 is 11.7 Å². The van der Waals surface area contributed by atoms with Crippen LogP contribution in [0.4, 0.5) is 4.39 Å². The van der Waals surface area contributed by atoms with Crippen LogP contribution in [0.15, 0.2) is 59.1 Å². The van der Waals surface area contributed by atoms with Crippen LogP contribution in [0.2, 0.25) is 0 Å². The summed E-state index contributed by atoms with van der Waals surface area (Å²) in [5.74, 6) is -1.13. The maximum absolute atomic E-state index is 14.1. The van der Waals surface area contributed by atoms with Gasteiger partial charge in [0.2, 0.25) is 0 Å². The van der Waals surface area contributed by atoms with Crippen LogP contribution >= 0.6 is 0 Å². The monoisotopic (exact) mass is 338 g/mol. The number of halogens is 1. The number of carbonyl (C=O) groups excluding carboxylic acids is 2. The van der Waals surface area contributed by atoms with Crippen LogP contribution in [0, 0.1) is 5.82 Å². The molecule has 25 heavy (non-hydrogen) atoms. The molecule has 1 N–H and O–H groups in total. The molecule has 2 aromatic carbocycles. The van der Waals surface area contributed by atoms with Crippen molar-refractivity contribution in [1.29, 1.82) is 0 Å². The van der Waals surface area contributed by atoms with Crippen LogP contribution in [0.25, 0.3) is 11.3 Å². The first-order chi connectivity index (χ1) is 12.1. The van der Waals surface area contributed by atoms with E-state index in [0.717, 1.165) is 0 Å². The van der Waals surface area contributed by atoms with Gasteiger partial charge in [-0.3, -0.25) is 9.59 Å². The van der Waals surface area contributed by atoms with Gasteiger partial charge in [-0.25, -0.2) is 4.39 Å². The van der Waals surface area contributed by atoms with E-state index in [1.807, 2.05) is 0 Å². The zero-order valence-electron chi connectivity index (χ0n) is 13.5. The molecule has 0 aliphatic carbocycles. The number of amides is 1. The molecule has 0 atom stereocenters. The van der Waals surface area contributed by atoms with Crippen molar-refractivity contribution in [1.82, 2.24) is 10.5 Å². The van der Waals surface area contributed by atoms with Crippen LogP contribution in [0.3, 0.4) is 0 Å². The summed E-state index contributed by atoms with van der Waals surface area (Å²) in [4.78, 5) is 24.7. The topological polar surface area (TPSA) is 72.2 Å². The first kappa shape index (κ1) is 16.6. The van der Waals surface area contributed by atoms with E-state index in [0.29, 0.717) is 5.56 Å². The molecule has 0 spiro atoms. The third-order valence-corrected chi connectivity index (χ3v) is 3.76. The molecule has 5 nitrogen and oxygen atoms in total. The highest BCUT2D eigenvalue weighted by atomic mass is 19.1. The Morgan fingerprint density at radius 3 is 2.44 bits per heavy atom. The molecule has 126 valence electrons. The van der Waals surface area contributed by atoms with Gasteiger partial charge in [-0.2, -0.15) is 0 Å². The number of ketones is 1. The predicted octanol–water partition coefficient (Wildman–Crippen LogP) is 3.27. The Balaban J connectivity index is 2.02. The number of aromatic nitrogens is 1. The highest BCUT2D eigenvalue weighted by molar-refractivity contribution is 6.03. The number of carbonyl (C=O) groups is 2. The third kappa shape index (κ3) is 3.33. The fourth-order valence-electron chi connectivity index (χ4n) is 2.51. The van der Waals surface area contributed by atoms with E-state index in [1.165, 1.54) is 19.2 Å². The highest BCUT2D eigenvalue weighted by Crippen LogP contribution is 2.28. The number of benzene rings is 2. The summed E-state index contributed by atoms with van der Waals surface area (Å²) in [5, 5.41) is 6.31. The largest absolute Gasteiger partial charge is 0.359 e. The predicted molar refractivity (Wildman–Crippen MR) is 89.8 cm³/mol. The number of nitrogens with zero attached hydrogens (tertiary/aromatic N) is 1. The average Bonchev–Trinajstić information content (AvgIpc) is 3.05. The van der Waals surface area contributed by atoms with Crippen molar-refractivity contribution in [2.45, 2.75) is 6.42 Å². The molecule has 0 saturated carbocycles. The number of hydrogen-bond acceptors (Lipinski definition) is 4. The molecule has 3 aromatic rings. The van der Waals surface area contributed by atoms with Crippen LogP contribution in [0.5, 0.6) is 0 Å². The number of nitrogens with one attached hydrogen (secondary N) is 1. The fraction of sp³-hybridized carbons (Fsp3) is 0.105. The van der Waals surface area contributed by atoms with E-state index in [-0.39, 0.29) is 34.8 Å². The molecule has 1 amide bonds. The number of Topliss-reactive ketones (excluding diaryl/α,β-unsaturated/α-hetero) is 1. The Bertz CT molecular complexity index is 919. The molecule has 0 aliphatic heterocycles. The van der Waals surface area contributed by atoms with E-state index >= 15 is 0 Å². The Morgan fingerprint density at radius 1 is 1.08 bits per heavy atom. The van der Waals surface area contributed by atoms with Crippen molar-refractivity contribution in [2.24, 2.45) is 0 Å². The second-order valence-electron chi connectivity index (χ2n) is 5.35. The SMILES string of the molecule is CNC(=O)c1c(-c2ccccc2F)noc1CC(=O)c1ccccc1. The molecule has 3 rings (SSSR count). The number of hydrogen-bond donors (Lipinski definition) is 1. The summed E-state index contributed by atoms with van der Waals surface area (Å²) in [6.45, 7) is 0. The first-order valence-corrected chi connectivity index (χ1v) is 7.65. The quantitative estimate of drug-likeness (QED) is 0.725. The molecule has 1 heterocycles. The van der Waals surface area contributed by atoms with Crippen molar-refractivity contribution in [3.8, 4) is 11.3 Å². The van der Waals surface area contributed by atoms with Crippen LogP contribution < -0.4 is 5.32 Å². The summed E-state index contributed by atoms with van der Waals surface area (Å²) in [6.07, 6.45) is -0.145. The highest BCUT2D eigenvalue weighted by Gasteiger charge is 2.26. The van der Waals surface area contributed by atoms with E-state index in [4.69, 9.17) is 4.52 Å². The van der Waals surface area contributed by atoms with Gasteiger partial charge in [0.25, 0.3) is 5.91 Å². The zero-order valence-corrected chi connectivity index (χ0v) is 13.5. The molecular formula is C19H15FN2O3. The zero-order chi connectivity index (χ0) is 17.8. The van der Waals surface area contributed by atoms with E-state index in [2.05, 4.69) is 10.5 Å². The van der Waals surface area contributed by atoms with Crippen molar-refractivity contribution in [3.63, 3.8) is 0 Å².